The van der Waals surface area contributed by atoms with E-state index in [2.05, 4.69) is 60.2 Å². The number of anilines is 1. The van der Waals surface area contributed by atoms with Crippen molar-refractivity contribution < 1.29 is 9.53 Å². The number of nitrogens with zero attached hydrogens (tertiary/aromatic N) is 3. The molecule has 3 rings (SSSR count). The molecule has 2 heterocycles. The molecule has 0 aliphatic rings. The zero-order valence-electron chi connectivity index (χ0n) is 16.2. The molecule has 5 nitrogen and oxygen atoms in total. The average Bonchev–Trinajstić information content (AvgIpc) is 3.06. The Kier molecular flexibility index (Phi) is 6.08. The first-order chi connectivity index (χ1) is 13.0. The molecule has 0 saturated heterocycles. The van der Waals surface area contributed by atoms with Gasteiger partial charge in [0.05, 0.1) is 7.11 Å². The molecule has 1 aromatic carbocycles. The Morgan fingerprint density at radius 1 is 1.11 bits per heavy atom. The second kappa shape index (κ2) is 8.50. The zero-order chi connectivity index (χ0) is 19.4. The van der Waals surface area contributed by atoms with Crippen molar-refractivity contribution in [3.8, 4) is 11.1 Å². The van der Waals surface area contributed by atoms with Crippen molar-refractivity contribution in [2.75, 3.05) is 46.2 Å². The Labute approximate surface area is 164 Å². The number of methoxy groups -OCH3 is 1. The van der Waals surface area contributed by atoms with Crippen molar-refractivity contribution in [1.82, 2.24) is 9.88 Å². The van der Waals surface area contributed by atoms with Crippen LogP contribution < -0.4 is 4.90 Å². The smallest absolute Gasteiger partial charge is 0.348 e. The van der Waals surface area contributed by atoms with Gasteiger partial charge in [-0.1, -0.05) is 12.1 Å². The molecule has 0 saturated carbocycles. The molecule has 2 aromatic heterocycles. The maximum Gasteiger partial charge on any atom is 0.348 e. The van der Waals surface area contributed by atoms with E-state index in [0.717, 1.165) is 46.5 Å². The van der Waals surface area contributed by atoms with Gasteiger partial charge in [-0.3, -0.25) is 0 Å². The lowest BCUT2D eigenvalue weighted by atomic mass is 10.0. The molecule has 0 fully saturated rings. The van der Waals surface area contributed by atoms with Crippen LogP contribution in [0.3, 0.4) is 0 Å². The standard InChI is InChI=1S/C21H25N3O2S/c1-23(2)13-6-14-24(3)16-10-8-15(9-11-16)18-17-7-5-12-22-20(17)27-19(18)21(25)26-4/h5,7-12H,6,13-14H2,1-4H3. The maximum absolute atomic E-state index is 12.3. The van der Waals surface area contributed by atoms with Gasteiger partial charge in [0.1, 0.15) is 9.71 Å². The van der Waals surface area contributed by atoms with Gasteiger partial charge < -0.3 is 14.5 Å². The second-order valence-corrected chi connectivity index (χ2v) is 7.78. The van der Waals surface area contributed by atoms with Crippen LogP contribution in [0.15, 0.2) is 42.6 Å². The van der Waals surface area contributed by atoms with Crippen LogP contribution in [0.2, 0.25) is 0 Å². The molecule has 27 heavy (non-hydrogen) atoms. The number of aromatic nitrogens is 1. The van der Waals surface area contributed by atoms with Gasteiger partial charge >= 0.3 is 5.97 Å². The van der Waals surface area contributed by atoms with Gasteiger partial charge in [-0.2, -0.15) is 0 Å². The summed E-state index contributed by atoms with van der Waals surface area (Å²) < 4.78 is 4.99. The van der Waals surface area contributed by atoms with Gasteiger partial charge in [0.15, 0.2) is 0 Å². The van der Waals surface area contributed by atoms with Crippen molar-refractivity contribution >= 4 is 33.2 Å². The molecule has 0 spiro atoms. The van der Waals surface area contributed by atoms with Crippen molar-refractivity contribution in [3.63, 3.8) is 0 Å². The van der Waals surface area contributed by atoms with E-state index in [1.165, 1.54) is 18.4 Å². The molecule has 0 radical (unpaired) electrons. The predicted molar refractivity (Wildman–Crippen MR) is 113 cm³/mol. The Morgan fingerprint density at radius 3 is 2.52 bits per heavy atom. The summed E-state index contributed by atoms with van der Waals surface area (Å²) in [7, 11) is 7.70. The molecule has 0 bridgehead atoms. The van der Waals surface area contributed by atoms with Gasteiger partial charge in [-0.05, 0) is 56.9 Å². The highest BCUT2D eigenvalue weighted by Crippen LogP contribution is 2.38. The number of esters is 1. The van der Waals surface area contributed by atoms with E-state index in [-0.39, 0.29) is 5.97 Å². The number of rotatable bonds is 7. The summed E-state index contributed by atoms with van der Waals surface area (Å²) in [5.41, 5.74) is 3.06. The highest BCUT2D eigenvalue weighted by atomic mass is 32.1. The second-order valence-electron chi connectivity index (χ2n) is 6.78. The molecule has 0 amide bonds. The highest BCUT2D eigenvalue weighted by molar-refractivity contribution is 7.21. The van der Waals surface area contributed by atoms with Crippen LogP contribution in [-0.4, -0.2) is 57.2 Å². The summed E-state index contributed by atoms with van der Waals surface area (Å²) >= 11 is 1.37. The summed E-state index contributed by atoms with van der Waals surface area (Å²) in [6.45, 7) is 2.06. The molecule has 6 heteroatoms. The Balaban J connectivity index is 1.90. The van der Waals surface area contributed by atoms with Gasteiger partial charge in [0.2, 0.25) is 0 Å². The minimum Gasteiger partial charge on any atom is -0.465 e. The van der Waals surface area contributed by atoms with E-state index in [9.17, 15) is 4.79 Å². The van der Waals surface area contributed by atoms with E-state index in [1.54, 1.807) is 6.20 Å². The molecule has 0 atom stereocenters. The molecule has 0 N–H and O–H groups in total. The summed E-state index contributed by atoms with van der Waals surface area (Å²) in [4.78, 5) is 22.6. The van der Waals surface area contributed by atoms with Crippen LogP contribution >= 0.6 is 11.3 Å². The van der Waals surface area contributed by atoms with Crippen molar-refractivity contribution in [2.24, 2.45) is 0 Å². The summed E-state index contributed by atoms with van der Waals surface area (Å²) in [5, 5.41) is 0.981. The largest absolute Gasteiger partial charge is 0.465 e. The Hall–Kier alpha value is -2.44. The van der Waals surface area contributed by atoms with Crippen LogP contribution in [0.5, 0.6) is 0 Å². The minimum atomic E-state index is -0.321. The lowest BCUT2D eigenvalue weighted by Crippen LogP contribution is -2.23. The Bertz CT molecular complexity index is 919. The van der Waals surface area contributed by atoms with E-state index in [0.29, 0.717) is 4.88 Å². The molecular formula is C21H25N3O2S. The molecule has 0 unspecified atom stereocenters. The third kappa shape index (κ3) is 4.28. The first-order valence-electron chi connectivity index (χ1n) is 8.93. The Morgan fingerprint density at radius 2 is 1.85 bits per heavy atom. The summed E-state index contributed by atoms with van der Waals surface area (Å²) in [6, 6.07) is 12.2. The first kappa shape index (κ1) is 19.3. The lowest BCUT2D eigenvalue weighted by molar-refractivity contribution is 0.0607. The highest BCUT2D eigenvalue weighted by Gasteiger charge is 2.21. The van der Waals surface area contributed by atoms with Gasteiger partial charge in [0, 0.05) is 36.4 Å². The van der Waals surface area contributed by atoms with Crippen molar-refractivity contribution in [3.05, 3.63) is 47.5 Å². The number of carbonyl (C=O) groups is 1. The molecule has 0 aliphatic heterocycles. The van der Waals surface area contributed by atoms with Crippen LogP contribution in [0.1, 0.15) is 16.1 Å². The van der Waals surface area contributed by atoms with Crippen molar-refractivity contribution in [1.29, 1.82) is 0 Å². The molecule has 3 aromatic rings. The monoisotopic (exact) mass is 383 g/mol. The van der Waals surface area contributed by atoms with Gasteiger partial charge in [0.25, 0.3) is 0 Å². The number of benzene rings is 1. The van der Waals surface area contributed by atoms with Crippen LogP contribution in [0, 0.1) is 0 Å². The van der Waals surface area contributed by atoms with Crippen molar-refractivity contribution in [2.45, 2.75) is 6.42 Å². The minimum absolute atomic E-state index is 0.321. The molecule has 142 valence electrons. The van der Waals surface area contributed by atoms with Crippen LogP contribution in [0.25, 0.3) is 21.3 Å². The molecule has 0 aliphatic carbocycles. The zero-order valence-corrected chi connectivity index (χ0v) is 17.0. The van der Waals surface area contributed by atoms with E-state index in [4.69, 9.17) is 4.74 Å². The number of thiophene rings is 1. The number of fused-ring (bicyclic) bond motifs is 1. The van der Waals surface area contributed by atoms with E-state index >= 15 is 0 Å². The van der Waals surface area contributed by atoms with Crippen LogP contribution in [0.4, 0.5) is 5.69 Å². The summed E-state index contributed by atoms with van der Waals surface area (Å²) in [6.07, 6.45) is 2.86. The number of hydrogen-bond donors (Lipinski definition) is 0. The quantitative estimate of drug-likeness (QED) is 0.574. The summed E-state index contributed by atoms with van der Waals surface area (Å²) in [5.74, 6) is -0.321. The first-order valence-corrected chi connectivity index (χ1v) is 9.75. The van der Waals surface area contributed by atoms with E-state index < -0.39 is 0 Å². The van der Waals surface area contributed by atoms with Crippen LogP contribution in [-0.2, 0) is 4.74 Å². The normalized spacial score (nSPS) is 11.1. The number of carbonyl (C=O) groups excluding carboxylic acids is 1. The topological polar surface area (TPSA) is 45.7 Å². The fourth-order valence-corrected chi connectivity index (χ4v) is 4.17. The fourth-order valence-electron chi connectivity index (χ4n) is 3.09. The van der Waals surface area contributed by atoms with Gasteiger partial charge in [-0.25, -0.2) is 9.78 Å². The molecular weight excluding hydrogens is 358 g/mol. The number of pyridine rings is 1. The predicted octanol–water partition coefficient (Wildman–Crippen LogP) is 4.14. The average molecular weight is 384 g/mol. The third-order valence-electron chi connectivity index (χ3n) is 4.53. The lowest BCUT2D eigenvalue weighted by Gasteiger charge is -2.20. The third-order valence-corrected chi connectivity index (χ3v) is 5.63. The SMILES string of the molecule is COC(=O)c1sc2ncccc2c1-c1ccc(N(C)CCCN(C)C)cc1. The van der Waals surface area contributed by atoms with E-state index in [1.807, 2.05) is 12.1 Å². The number of hydrogen-bond acceptors (Lipinski definition) is 6. The maximum atomic E-state index is 12.3. The fraction of sp³-hybridized carbons (Fsp3) is 0.333. The number of ether oxygens (including phenoxy) is 1. The van der Waals surface area contributed by atoms with Gasteiger partial charge in [-0.15, -0.1) is 11.3 Å².